The Hall–Kier alpha value is -0.206. The third kappa shape index (κ3) is 2.72. The molecule has 0 aromatic rings. The molecule has 1 N–H and O–H groups in total. The van der Waals surface area contributed by atoms with E-state index in [1.54, 1.807) is 19.1 Å². The summed E-state index contributed by atoms with van der Waals surface area (Å²) in [5.74, 6) is -0.262. The van der Waals surface area contributed by atoms with Gasteiger partial charge in [0.15, 0.2) is 0 Å². The van der Waals surface area contributed by atoms with Crippen LogP contribution < -0.4 is 0 Å². The molecule has 0 spiro atoms. The summed E-state index contributed by atoms with van der Waals surface area (Å²) in [7, 11) is 0. The van der Waals surface area contributed by atoms with Gasteiger partial charge < -0.3 is 9.90 Å². The fourth-order valence-corrected chi connectivity index (χ4v) is 0.685. The molecule has 0 atom stereocenters. The molecule has 0 amide bonds. The van der Waals surface area contributed by atoms with E-state index in [2.05, 4.69) is 6.08 Å². The van der Waals surface area contributed by atoms with Gasteiger partial charge in [-0.15, -0.1) is 6.08 Å². The Bertz CT molecular complexity index is 249. The summed E-state index contributed by atoms with van der Waals surface area (Å²) in [6.07, 6.45) is 6.62. The van der Waals surface area contributed by atoms with Crippen molar-refractivity contribution in [3.8, 4) is 0 Å². The quantitative estimate of drug-likeness (QED) is 0.382. The summed E-state index contributed by atoms with van der Waals surface area (Å²) in [6.45, 7) is 1.78. The normalized spacial score (nSPS) is 19.5. The number of Topliss-reactive ketones (excluding diaryl/α,β-unsaturated/α-hetero) is 1. The van der Waals surface area contributed by atoms with E-state index in [1.165, 1.54) is 0 Å². The van der Waals surface area contributed by atoms with Crippen LogP contribution in [0, 0.1) is 6.08 Å². The molecule has 0 fully saturated rings. The monoisotopic (exact) mass is 224 g/mol. The van der Waals surface area contributed by atoms with Crippen molar-refractivity contribution in [2.45, 2.75) is 6.92 Å². The topological polar surface area (TPSA) is 37.3 Å². The maximum absolute atomic E-state index is 10.8. The van der Waals surface area contributed by atoms with Crippen LogP contribution >= 0.6 is 0 Å². The maximum atomic E-state index is 10.8. The van der Waals surface area contributed by atoms with Crippen molar-refractivity contribution < 1.29 is 42.6 Å². The van der Waals surface area contributed by atoms with Crippen molar-refractivity contribution in [2.75, 3.05) is 0 Å². The van der Waals surface area contributed by atoms with Gasteiger partial charge in [-0.1, -0.05) is 12.5 Å². The first-order chi connectivity index (χ1) is 4.74. The van der Waals surface area contributed by atoms with Crippen molar-refractivity contribution in [1.29, 1.82) is 0 Å². The third-order valence-electron chi connectivity index (χ3n) is 1.22. The second kappa shape index (κ2) is 4.63. The summed E-state index contributed by atoms with van der Waals surface area (Å²) >= 11 is 0. The summed E-state index contributed by atoms with van der Waals surface area (Å²) in [5.41, 5.74) is 1.07. The molecule has 52 valence electrons. The molecule has 0 bridgehead atoms. The molecule has 0 aromatic carbocycles. The van der Waals surface area contributed by atoms with Crippen LogP contribution in [0.3, 0.4) is 0 Å². The van der Waals surface area contributed by atoms with Crippen LogP contribution in [0.2, 0.25) is 0 Å². The van der Waals surface area contributed by atoms with E-state index in [0.717, 1.165) is 11.8 Å². The molecule has 0 unspecified atom stereocenters. The molecule has 2 nitrogen and oxygen atoms in total. The number of carbonyl (C=O) groups excluding carboxylic acids is 1. The zero-order valence-corrected chi connectivity index (χ0v) is 9.00. The third-order valence-corrected chi connectivity index (χ3v) is 1.22. The number of hydrogen-bond acceptors (Lipinski definition) is 2. The van der Waals surface area contributed by atoms with Gasteiger partial charge in [0.1, 0.15) is 0 Å². The van der Waals surface area contributed by atoms with Crippen LogP contribution in [0.25, 0.3) is 0 Å². The van der Waals surface area contributed by atoms with Crippen LogP contribution in [0.15, 0.2) is 29.6 Å². The maximum Gasteiger partial charge on any atom is 3.00 e. The van der Waals surface area contributed by atoms with E-state index >= 15 is 0 Å². The summed E-state index contributed by atoms with van der Waals surface area (Å²) in [5, 5.41) is 8.46. The smallest absolute Gasteiger partial charge is 0.528 e. The van der Waals surface area contributed by atoms with Gasteiger partial charge in [0.25, 0.3) is 0 Å². The number of aliphatic hydroxyl groups is 1. The van der Waals surface area contributed by atoms with E-state index < -0.39 is 0 Å². The van der Waals surface area contributed by atoms with Gasteiger partial charge in [0.2, 0.25) is 0 Å². The van der Waals surface area contributed by atoms with Crippen LogP contribution in [-0.4, -0.2) is 10.9 Å². The molecule has 1 aliphatic carbocycles. The van der Waals surface area contributed by atoms with Crippen LogP contribution in [0.1, 0.15) is 6.92 Å². The van der Waals surface area contributed by atoms with Gasteiger partial charge in [-0.05, 0) is 0 Å². The molecule has 0 radical (unpaired) electrons. The molecule has 1 rings (SSSR count). The number of aliphatic hydroxyl groups excluding tert-OH is 1. The summed E-state index contributed by atoms with van der Waals surface area (Å²) in [4.78, 5) is 10.8. The molecule has 0 saturated carbocycles. The fourth-order valence-electron chi connectivity index (χ4n) is 0.685. The van der Waals surface area contributed by atoms with E-state index in [0.29, 0.717) is 0 Å². The van der Waals surface area contributed by atoms with Gasteiger partial charge in [0, 0.05) is 6.26 Å². The predicted octanol–water partition coefficient (Wildman–Crippen LogP) is 1.31. The van der Waals surface area contributed by atoms with Crippen molar-refractivity contribution in [3.63, 3.8) is 0 Å². The Labute approximate surface area is 90.6 Å². The number of rotatable bonds is 0. The first-order valence-electron chi connectivity index (χ1n) is 2.91. The van der Waals surface area contributed by atoms with Crippen molar-refractivity contribution in [2.24, 2.45) is 0 Å². The minimum Gasteiger partial charge on any atom is -0.528 e. The summed E-state index contributed by atoms with van der Waals surface area (Å²) in [6, 6.07) is 0. The number of ketones is 1. The molecule has 0 saturated heterocycles. The minimum absolute atomic E-state index is 0. The van der Waals surface area contributed by atoms with Crippen molar-refractivity contribution in [1.82, 2.24) is 0 Å². The van der Waals surface area contributed by atoms with Gasteiger partial charge in [-0.3, -0.25) is 0 Å². The molecule has 0 aliphatic heterocycles. The van der Waals surface area contributed by atoms with Gasteiger partial charge in [0.05, 0.1) is 5.78 Å². The second-order valence-electron chi connectivity index (χ2n) is 2.05. The fraction of sp³-hybridized carbons (Fsp3) is 0.125. The van der Waals surface area contributed by atoms with Gasteiger partial charge in [-0.25, -0.2) is 0 Å². The van der Waals surface area contributed by atoms with Crippen molar-refractivity contribution in [3.05, 3.63) is 35.6 Å². The van der Waals surface area contributed by atoms with Crippen LogP contribution in [-0.2, 0) is 37.5 Å². The molecule has 3 heteroatoms. The van der Waals surface area contributed by atoms with Crippen LogP contribution in [0.4, 0.5) is 0 Å². The molecule has 0 heterocycles. The van der Waals surface area contributed by atoms with E-state index in [9.17, 15) is 4.79 Å². The first-order valence-corrected chi connectivity index (χ1v) is 2.91. The Kier molecular flexibility index (Phi) is 4.54. The number of allylic oxidation sites excluding steroid dienone is 5. The number of hydrogen-bond donors (Lipinski definition) is 1. The zero-order valence-electron chi connectivity index (χ0n) is 6.16. The van der Waals surface area contributed by atoms with Crippen molar-refractivity contribution >= 4 is 5.78 Å². The SMILES string of the molecule is CC1=[C-]C(=O)/C(=C\O)C=C1.[Y+3]. The molecule has 1 aliphatic rings. The Morgan fingerprint density at radius 1 is 1.55 bits per heavy atom. The zero-order chi connectivity index (χ0) is 7.56. The number of carbonyl (C=O) groups is 1. The second-order valence-corrected chi connectivity index (χ2v) is 2.05. The predicted molar refractivity (Wildman–Crippen MR) is 37.3 cm³/mol. The molecular weight excluding hydrogens is 217 g/mol. The molecule has 11 heavy (non-hydrogen) atoms. The largest absolute Gasteiger partial charge is 3.00 e. The van der Waals surface area contributed by atoms with Gasteiger partial charge in [-0.2, -0.15) is 17.7 Å². The van der Waals surface area contributed by atoms with Gasteiger partial charge >= 0.3 is 32.7 Å². The molecular formula is C8H7O2Y+2. The standard InChI is InChI=1S/C8H7O2.Y/c1-6-2-3-7(5-9)8(10)4-6;/h2-3,5,9H,1H3;/q-1;+3/b7-5-;. The van der Waals surface area contributed by atoms with E-state index in [4.69, 9.17) is 5.11 Å². The Morgan fingerprint density at radius 2 is 2.18 bits per heavy atom. The first kappa shape index (κ1) is 10.8. The average molecular weight is 224 g/mol. The minimum atomic E-state index is -0.262. The van der Waals surface area contributed by atoms with E-state index in [1.807, 2.05) is 0 Å². The molecule has 0 aromatic heterocycles. The Morgan fingerprint density at radius 3 is 2.64 bits per heavy atom. The Balaban J connectivity index is 0.000001000. The van der Waals surface area contributed by atoms with Crippen LogP contribution in [0.5, 0.6) is 0 Å². The average Bonchev–Trinajstić information content (AvgIpc) is 1.88. The summed E-state index contributed by atoms with van der Waals surface area (Å²) < 4.78 is 0. The van der Waals surface area contributed by atoms with E-state index in [-0.39, 0.29) is 44.1 Å².